The highest BCUT2D eigenvalue weighted by Gasteiger charge is 2.34. The monoisotopic (exact) mass is 242 g/mol. The zero-order chi connectivity index (χ0) is 12.8. The molecular formula is C12H13F3N2. The predicted octanol–water partition coefficient (Wildman–Crippen LogP) is 3.94. The third kappa shape index (κ3) is 2.01. The predicted molar refractivity (Wildman–Crippen MR) is 59.9 cm³/mol. The molecule has 17 heavy (non-hydrogen) atoms. The van der Waals surface area contributed by atoms with E-state index >= 15 is 0 Å². The van der Waals surface area contributed by atoms with E-state index < -0.39 is 11.7 Å². The van der Waals surface area contributed by atoms with Gasteiger partial charge in [0.05, 0.1) is 17.3 Å². The fourth-order valence-corrected chi connectivity index (χ4v) is 1.95. The third-order valence-electron chi connectivity index (χ3n) is 2.63. The van der Waals surface area contributed by atoms with Crippen molar-refractivity contribution < 1.29 is 13.2 Å². The summed E-state index contributed by atoms with van der Waals surface area (Å²) in [5, 5.41) is 4.56. The Kier molecular flexibility index (Phi) is 2.64. The minimum Gasteiger partial charge on any atom is -0.262 e. The standard InChI is InChI=1S/C12H13F3N2/c1-7(2)17-11-9(6-16-17)4-8(3)5-10(11)12(13,14)15/h4-7H,1-3H3. The molecule has 0 saturated heterocycles. The van der Waals surface area contributed by atoms with Crippen LogP contribution in [-0.4, -0.2) is 9.78 Å². The molecule has 2 nitrogen and oxygen atoms in total. The highest BCUT2D eigenvalue weighted by Crippen LogP contribution is 2.36. The zero-order valence-corrected chi connectivity index (χ0v) is 9.84. The van der Waals surface area contributed by atoms with Crippen LogP contribution in [0.25, 0.3) is 10.9 Å². The molecule has 2 aromatic rings. The van der Waals surface area contributed by atoms with Gasteiger partial charge in [0.15, 0.2) is 0 Å². The lowest BCUT2D eigenvalue weighted by molar-refractivity contribution is -0.136. The maximum Gasteiger partial charge on any atom is 0.418 e. The minimum atomic E-state index is -4.35. The van der Waals surface area contributed by atoms with Crippen LogP contribution < -0.4 is 0 Å². The first-order valence-electron chi connectivity index (χ1n) is 5.36. The van der Waals surface area contributed by atoms with E-state index in [1.165, 1.54) is 16.9 Å². The van der Waals surface area contributed by atoms with Crippen LogP contribution in [0.15, 0.2) is 18.3 Å². The topological polar surface area (TPSA) is 17.8 Å². The summed E-state index contributed by atoms with van der Waals surface area (Å²) < 4.78 is 40.3. The molecule has 1 aromatic carbocycles. The van der Waals surface area contributed by atoms with Crippen molar-refractivity contribution in [3.63, 3.8) is 0 Å². The maximum atomic E-state index is 13.0. The molecule has 0 atom stereocenters. The van der Waals surface area contributed by atoms with Gasteiger partial charge in [-0.3, -0.25) is 4.68 Å². The molecule has 0 N–H and O–H groups in total. The van der Waals surface area contributed by atoms with Crippen molar-refractivity contribution in [1.29, 1.82) is 0 Å². The molecule has 0 unspecified atom stereocenters. The Morgan fingerprint density at radius 3 is 2.41 bits per heavy atom. The number of alkyl halides is 3. The second-order valence-electron chi connectivity index (χ2n) is 4.43. The van der Waals surface area contributed by atoms with Crippen LogP contribution in [0.5, 0.6) is 0 Å². The fourth-order valence-electron chi connectivity index (χ4n) is 1.95. The van der Waals surface area contributed by atoms with E-state index in [2.05, 4.69) is 5.10 Å². The SMILES string of the molecule is Cc1cc(C(F)(F)F)c2c(cnn2C(C)C)c1. The number of fused-ring (bicyclic) bond motifs is 1. The van der Waals surface area contributed by atoms with Gasteiger partial charge in [-0.15, -0.1) is 0 Å². The molecule has 2 rings (SSSR count). The van der Waals surface area contributed by atoms with E-state index in [1.54, 1.807) is 13.0 Å². The van der Waals surface area contributed by atoms with E-state index in [1.807, 2.05) is 13.8 Å². The van der Waals surface area contributed by atoms with E-state index in [-0.39, 0.29) is 11.6 Å². The second kappa shape index (κ2) is 3.75. The molecule has 0 aliphatic carbocycles. The molecule has 0 fully saturated rings. The van der Waals surface area contributed by atoms with Gasteiger partial charge in [-0.05, 0) is 38.5 Å². The lowest BCUT2D eigenvalue weighted by Crippen LogP contribution is -2.11. The zero-order valence-electron chi connectivity index (χ0n) is 9.84. The summed E-state index contributed by atoms with van der Waals surface area (Å²) in [5.41, 5.74) is 0.143. The van der Waals surface area contributed by atoms with Crippen molar-refractivity contribution in [2.45, 2.75) is 33.0 Å². The first kappa shape index (κ1) is 12.0. The fraction of sp³-hybridized carbons (Fsp3) is 0.417. The van der Waals surface area contributed by atoms with Gasteiger partial charge in [0.2, 0.25) is 0 Å². The molecule has 5 heteroatoms. The Labute approximate surface area is 97.0 Å². The maximum absolute atomic E-state index is 13.0. The number of aromatic nitrogens is 2. The van der Waals surface area contributed by atoms with Gasteiger partial charge in [0.1, 0.15) is 0 Å². The van der Waals surface area contributed by atoms with Crippen LogP contribution in [0.1, 0.15) is 31.0 Å². The van der Waals surface area contributed by atoms with E-state index in [0.29, 0.717) is 10.9 Å². The molecule has 0 bridgehead atoms. The van der Waals surface area contributed by atoms with Crippen LogP contribution in [0.2, 0.25) is 0 Å². The number of hydrogen-bond acceptors (Lipinski definition) is 1. The number of halogens is 3. The molecule has 0 saturated carbocycles. The molecule has 0 aliphatic rings. The Morgan fingerprint density at radius 1 is 1.24 bits per heavy atom. The summed E-state index contributed by atoms with van der Waals surface area (Å²) in [5.74, 6) is 0. The summed E-state index contributed by atoms with van der Waals surface area (Å²) in [6, 6.07) is 2.79. The number of aryl methyl sites for hydroxylation is 1. The van der Waals surface area contributed by atoms with Crippen LogP contribution in [0.4, 0.5) is 13.2 Å². The highest BCUT2D eigenvalue weighted by molar-refractivity contribution is 5.83. The van der Waals surface area contributed by atoms with Crippen LogP contribution >= 0.6 is 0 Å². The van der Waals surface area contributed by atoms with E-state index in [4.69, 9.17) is 0 Å². The summed E-state index contributed by atoms with van der Waals surface area (Å²) in [6.45, 7) is 5.28. The Balaban J connectivity index is 2.84. The van der Waals surface area contributed by atoms with Crippen molar-refractivity contribution in [2.75, 3.05) is 0 Å². The molecule has 0 amide bonds. The van der Waals surface area contributed by atoms with Gasteiger partial charge < -0.3 is 0 Å². The van der Waals surface area contributed by atoms with Crippen molar-refractivity contribution in [3.8, 4) is 0 Å². The van der Waals surface area contributed by atoms with Crippen molar-refractivity contribution in [3.05, 3.63) is 29.5 Å². The smallest absolute Gasteiger partial charge is 0.262 e. The molecule has 0 radical (unpaired) electrons. The second-order valence-corrected chi connectivity index (χ2v) is 4.43. The average Bonchev–Trinajstić information content (AvgIpc) is 2.57. The van der Waals surface area contributed by atoms with Gasteiger partial charge >= 0.3 is 6.18 Å². The van der Waals surface area contributed by atoms with Gasteiger partial charge in [0, 0.05) is 11.4 Å². The minimum absolute atomic E-state index is 0.101. The van der Waals surface area contributed by atoms with Crippen molar-refractivity contribution in [2.24, 2.45) is 0 Å². The van der Waals surface area contributed by atoms with Gasteiger partial charge in [-0.1, -0.05) is 0 Å². The summed E-state index contributed by atoms with van der Waals surface area (Å²) in [7, 11) is 0. The third-order valence-corrected chi connectivity index (χ3v) is 2.63. The summed E-state index contributed by atoms with van der Waals surface area (Å²) in [6.07, 6.45) is -2.87. The Morgan fingerprint density at radius 2 is 1.88 bits per heavy atom. The quantitative estimate of drug-likeness (QED) is 0.740. The molecule has 1 aromatic heterocycles. The van der Waals surface area contributed by atoms with E-state index in [9.17, 15) is 13.2 Å². The highest BCUT2D eigenvalue weighted by atomic mass is 19.4. The van der Waals surface area contributed by atoms with Crippen LogP contribution in [0, 0.1) is 6.92 Å². The van der Waals surface area contributed by atoms with Gasteiger partial charge in [0.25, 0.3) is 0 Å². The first-order valence-corrected chi connectivity index (χ1v) is 5.36. The van der Waals surface area contributed by atoms with Gasteiger partial charge in [-0.25, -0.2) is 0 Å². The largest absolute Gasteiger partial charge is 0.418 e. The first-order chi connectivity index (χ1) is 7.80. The van der Waals surface area contributed by atoms with Gasteiger partial charge in [-0.2, -0.15) is 18.3 Å². The Hall–Kier alpha value is -1.52. The van der Waals surface area contributed by atoms with Crippen LogP contribution in [0.3, 0.4) is 0 Å². The molecular weight excluding hydrogens is 229 g/mol. The number of nitrogens with zero attached hydrogens (tertiary/aromatic N) is 2. The molecule has 0 spiro atoms. The van der Waals surface area contributed by atoms with Crippen molar-refractivity contribution in [1.82, 2.24) is 9.78 Å². The number of hydrogen-bond donors (Lipinski definition) is 0. The number of benzene rings is 1. The molecule has 1 heterocycles. The Bertz CT molecular complexity index is 553. The number of rotatable bonds is 1. The summed E-state index contributed by atoms with van der Waals surface area (Å²) in [4.78, 5) is 0. The summed E-state index contributed by atoms with van der Waals surface area (Å²) >= 11 is 0. The average molecular weight is 242 g/mol. The lowest BCUT2D eigenvalue weighted by Gasteiger charge is -2.14. The lowest BCUT2D eigenvalue weighted by atomic mass is 10.1. The normalized spacial score (nSPS) is 12.6. The molecule has 0 aliphatic heterocycles. The van der Waals surface area contributed by atoms with Crippen molar-refractivity contribution >= 4 is 10.9 Å². The van der Waals surface area contributed by atoms with E-state index in [0.717, 1.165) is 0 Å². The van der Waals surface area contributed by atoms with Crippen LogP contribution in [-0.2, 0) is 6.18 Å². The molecule has 92 valence electrons.